The summed E-state index contributed by atoms with van der Waals surface area (Å²) in [6.45, 7) is 2.11. The van der Waals surface area contributed by atoms with Crippen molar-refractivity contribution in [1.82, 2.24) is 14.9 Å². The summed E-state index contributed by atoms with van der Waals surface area (Å²) in [5, 5.41) is 14.8. The van der Waals surface area contributed by atoms with Crippen LogP contribution in [0.15, 0.2) is 52.7 Å². The summed E-state index contributed by atoms with van der Waals surface area (Å²) >= 11 is 7.55. The first-order chi connectivity index (χ1) is 14.1. The lowest BCUT2D eigenvalue weighted by Gasteiger charge is -2.08. The Hall–Kier alpha value is -2.51. The van der Waals surface area contributed by atoms with E-state index in [2.05, 4.69) is 22.2 Å². The normalized spacial score (nSPS) is 11.2. The van der Waals surface area contributed by atoms with Gasteiger partial charge < -0.3 is 9.47 Å². The molecule has 0 aliphatic carbocycles. The predicted octanol–water partition coefficient (Wildman–Crippen LogP) is 5.08. The first kappa shape index (κ1) is 21.2. The minimum atomic E-state index is 0.718. The molecule has 1 aromatic heterocycles. The van der Waals surface area contributed by atoms with Crippen molar-refractivity contribution >= 4 is 29.6 Å². The Labute approximate surface area is 179 Å². The second kappa shape index (κ2) is 10.3. The van der Waals surface area contributed by atoms with E-state index in [1.165, 1.54) is 0 Å². The summed E-state index contributed by atoms with van der Waals surface area (Å²) in [6, 6.07) is 13.4. The van der Waals surface area contributed by atoms with Gasteiger partial charge in [-0.25, -0.2) is 0 Å². The largest absolute Gasteiger partial charge is 0.497 e. The summed E-state index contributed by atoms with van der Waals surface area (Å²) < 4.78 is 12.5. The fraction of sp³-hybridized carbons (Fsp3) is 0.286. The van der Waals surface area contributed by atoms with Gasteiger partial charge in [-0.2, -0.15) is 9.78 Å². The van der Waals surface area contributed by atoms with Crippen LogP contribution in [0.1, 0.15) is 30.3 Å². The molecule has 3 rings (SSSR count). The van der Waals surface area contributed by atoms with Gasteiger partial charge in [-0.05, 0) is 42.3 Å². The van der Waals surface area contributed by atoms with E-state index in [1.807, 2.05) is 42.5 Å². The number of halogens is 1. The third kappa shape index (κ3) is 5.52. The first-order valence-corrected chi connectivity index (χ1v) is 10.6. The number of aryl methyl sites for hydroxylation is 1. The van der Waals surface area contributed by atoms with Crippen LogP contribution in [0.5, 0.6) is 11.5 Å². The van der Waals surface area contributed by atoms with Crippen molar-refractivity contribution in [1.29, 1.82) is 0 Å². The number of thioether (sulfide) groups is 1. The maximum atomic E-state index is 5.97. The zero-order chi connectivity index (χ0) is 20.6. The van der Waals surface area contributed by atoms with Crippen molar-refractivity contribution in [2.45, 2.75) is 30.7 Å². The van der Waals surface area contributed by atoms with Crippen molar-refractivity contribution in [2.75, 3.05) is 14.2 Å². The van der Waals surface area contributed by atoms with E-state index in [0.29, 0.717) is 0 Å². The number of hydrogen-bond acceptors (Lipinski definition) is 6. The van der Waals surface area contributed by atoms with E-state index in [9.17, 15) is 0 Å². The molecule has 6 nitrogen and oxygen atoms in total. The van der Waals surface area contributed by atoms with Crippen molar-refractivity contribution < 1.29 is 9.47 Å². The highest BCUT2D eigenvalue weighted by Crippen LogP contribution is 2.25. The highest BCUT2D eigenvalue weighted by Gasteiger charge is 2.12. The second-order valence-electron chi connectivity index (χ2n) is 6.23. The Kier molecular flexibility index (Phi) is 7.55. The molecule has 8 heteroatoms. The number of rotatable bonds is 9. The second-order valence-corrected chi connectivity index (χ2v) is 7.61. The average molecular weight is 431 g/mol. The Morgan fingerprint density at radius 1 is 1.10 bits per heavy atom. The molecule has 3 aromatic rings. The van der Waals surface area contributed by atoms with Crippen molar-refractivity contribution in [3.63, 3.8) is 0 Å². The molecule has 0 radical (unpaired) electrons. The van der Waals surface area contributed by atoms with Gasteiger partial charge in [-0.15, -0.1) is 10.2 Å². The van der Waals surface area contributed by atoms with Crippen molar-refractivity contribution in [3.8, 4) is 11.5 Å². The van der Waals surface area contributed by atoms with Gasteiger partial charge in [0.1, 0.15) is 11.5 Å². The highest BCUT2D eigenvalue weighted by molar-refractivity contribution is 7.98. The van der Waals surface area contributed by atoms with E-state index in [4.69, 9.17) is 21.1 Å². The monoisotopic (exact) mass is 430 g/mol. The molecule has 0 atom stereocenters. The lowest BCUT2D eigenvalue weighted by atomic mass is 10.2. The SMILES string of the molecule is CCCc1nnc(SCc2ccc(Cl)cc2)n1/N=C\c1cc(OC)ccc1OC. The zero-order valence-corrected chi connectivity index (χ0v) is 18.2. The summed E-state index contributed by atoms with van der Waals surface area (Å²) in [5.41, 5.74) is 1.97. The van der Waals surface area contributed by atoms with Crippen molar-refractivity contribution in [2.24, 2.45) is 5.10 Å². The Morgan fingerprint density at radius 3 is 2.59 bits per heavy atom. The van der Waals surface area contributed by atoms with Crippen LogP contribution >= 0.6 is 23.4 Å². The summed E-state index contributed by atoms with van der Waals surface area (Å²) in [6.07, 6.45) is 3.50. The fourth-order valence-corrected chi connectivity index (χ4v) is 3.66. The molecule has 0 spiro atoms. The maximum Gasteiger partial charge on any atom is 0.212 e. The predicted molar refractivity (Wildman–Crippen MR) is 118 cm³/mol. The van der Waals surface area contributed by atoms with Crippen LogP contribution in [-0.4, -0.2) is 35.3 Å². The topological polar surface area (TPSA) is 61.5 Å². The third-order valence-corrected chi connectivity index (χ3v) is 5.42. The van der Waals surface area contributed by atoms with E-state index in [-0.39, 0.29) is 0 Å². The van der Waals surface area contributed by atoms with Crippen LogP contribution < -0.4 is 9.47 Å². The quantitative estimate of drug-likeness (QED) is 0.350. The van der Waals surface area contributed by atoms with Gasteiger partial charge in [0.15, 0.2) is 5.82 Å². The smallest absolute Gasteiger partial charge is 0.212 e. The maximum absolute atomic E-state index is 5.97. The van der Waals surface area contributed by atoms with Gasteiger partial charge in [-0.3, -0.25) is 0 Å². The van der Waals surface area contributed by atoms with Gasteiger partial charge in [0, 0.05) is 22.8 Å². The highest BCUT2D eigenvalue weighted by atomic mass is 35.5. The fourth-order valence-electron chi connectivity index (χ4n) is 2.67. The van der Waals surface area contributed by atoms with E-state index in [0.717, 1.165) is 57.2 Å². The van der Waals surface area contributed by atoms with Gasteiger partial charge in [0.05, 0.1) is 20.4 Å². The molecule has 152 valence electrons. The molecule has 1 heterocycles. The molecular weight excluding hydrogens is 408 g/mol. The van der Waals surface area contributed by atoms with Crippen LogP contribution in [0, 0.1) is 0 Å². The zero-order valence-electron chi connectivity index (χ0n) is 16.6. The standard InChI is InChI=1S/C21H23ClN4O2S/c1-4-5-20-24-25-21(29-14-15-6-8-17(22)9-7-15)26(20)23-13-16-12-18(27-2)10-11-19(16)28-3/h6-13H,4-5,14H2,1-3H3/b23-13-. The van der Waals surface area contributed by atoms with Crippen LogP contribution in [-0.2, 0) is 12.2 Å². The van der Waals surface area contributed by atoms with Crippen LogP contribution in [0.4, 0.5) is 0 Å². The third-order valence-electron chi connectivity index (χ3n) is 4.18. The minimum Gasteiger partial charge on any atom is -0.497 e. The Balaban J connectivity index is 1.86. The molecule has 0 fully saturated rings. The van der Waals surface area contributed by atoms with Crippen molar-refractivity contribution in [3.05, 3.63) is 64.4 Å². The summed E-state index contributed by atoms with van der Waals surface area (Å²) in [4.78, 5) is 0. The number of nitrogens with zero attached hydrogens (tertiary/aromatic N) is 4. The number of ether oxygens (including phenoxy) is 2. The molecule has 2 aromatic carbocycles. The number of methoxy groups -OCH3 is 2. The number of benzene rings is 2. The summed E-state index contributed by atoms with van der Waals surface area (Å²) in [5.74, 6) is 3.03. The molecule has 0 saturated carbocycles. The molecule has 0 unspecified atom stereocenters. The first-order valence-electron chi connectivity index (χ1n) is 9.22. The van der Waals surface area contributed by atoms with Gasteiger partial charge in [-0.1, -0.05) is 42.4 Å². The lowest BCUT2D eigenvalue weighted by Crippen LogP contribution is -2.01. The molecule has 29 heavy (non-hydrogen) atoms. The van der Waals surface area contributed by atoms with E-state index < -0.39 is 0 Å². The molecule has 0 N–H and O–H groups in total. The molecule has 0 aliphatic rings. The van der Waals surface area contributed by atoms with E-state index >= 15 is 0 Å². The molecule has 0 bridgehead atoms. The average Bonchev–Trinajstić information content (AvgIpc) is 3.13. The Bertz CT molecular complexity index is 973. The van der Waals surface area contributed by atoms with Gasteiger partial charge in [0.2, 0.25) is 5.16 Å². The van der Waals surface area contributed by atoms with Gasteiger partial charge >= 0.3 is 0 Å². The van der Waals surface area contributed by atoms with Gasteiger partial charge in [0.25, 0.3) is 0 Å². The molecule has 0 saturated heterocycles. The lowest BCUT2D eigenvalue weighted by molar-refractivity contribution is 0.402. The summed E-state index contributed by atoms with van der Waals surface area (Å²) in [7, 11) is 3.27. The van der Waals surface area contributed by atoms with E-state index in [1.54, 1.807) is 36.9 Å². The number of aromatic nitrogens is 3. The minimum absolute atomic E-state index is 0.718. The molecular formula is C21H23ClN4O2S. The molecule has 0 aliphatic heterocycles. The Morgan fingerprint density at radius 2 is 1.90 bits per heavy atom. The van der Waals surface area contributed by atoms with Crippen LogP contribution in [0.25, 0.3) is 0 Å². The number of hydrogen-bond donors (Lipinski definition) is 0. The van der Waals surface area contributed by atoms with Crippen LogP contribution in [0.2, 0.25) is 5.02 Å². The molecule has 0 amide bonds. The van der Waals surface area contributed by atoms with Crippen LogP contribution in [0.3, 0.4) is 0 Å².